The van der Waals surface area contributed by atoms with Crippen LogP contribution in [0.15, 0.2) is 24.3 Å². The Morgan fingerprint density at radius 3 is 2.15 bits per heavy atom. The first-order valence-corrected chi connectivity index (χ1v) is 7.06. The predicted molar refractivity (Wildman–Crippen MR) is 84.7 cm³/mol. The summed E-state index contributed by atoms with van der Waals surface area (Å²) in [6.45, 7) is 7.09. The second-order valence-corrected chi connectivity index (χ2v) is 6.13. The van der Waals surface area contributed by atoms with E-state index in [1.54, 1.807) is 0 Å². The summed E-state index contributed by atoms with van der Waals surface area (Å²) in [5.74, 6) is 0.108. The second kappa shape index (κ2) is 6.75. The number of carbonyl (C=O) groups is 1. The number of benzene rings is 1. The molecule has 0 aliphatic carbocycles. The molecule has 1 aromatic rings. The molecule has 0 bridgehead atoms. The lowest BCUT2D eigenvalue weighted by Crippen LogP contribution is -2.40. The summed E-state index contributed by atoms with van der Waals surface area (Å²) < 4.78 is 0. The summed E-state index contributed by atoms with van der Waals surface area (Å²) in [6.07, 6.45) is 0.372. The number of hydrogen-bond donors (Lipinski definition) is 1. The van der Waals surface area contributed by atoms with Crippen molar-refractivity contribution in [3.8, 4) is 0 Å². The summed E-state index contributed by atoms with van der Waals surface area (Å²) >= 11 is 0. The molecule has 1 aromatic carbocycles. The molecule has 2 N–H and O–H groups in total. The van der Waals surface area contributed by atoms with Gasteiger partial charge in [0.2, 0.25) is 5.91 Å². The Morgan fingerprint density at radius 1 is 1.20 bits per heavy atom. The average molecular weight is 277 g/mol. The van der Waals surface area contributed by atoms with E-state index >= 15 is 0 Å². The van der Waals surface area contributed by atoms with E-state index in [0.29, 0.717) is 19.5 Å². The first kappa shape index (κ1) is 16.5. The van der Waals surface area contributed by atoms with E-state index in [9.17, 15) is 4.79 Å². The SMILES string of the molecule is CCN(Cc1ccc(N(C)C)cc1)C(=O)CC(C)(C)N. The van der Waals surface area contributed by atoms with Gasteiger partial charge in [0.25, 0.3) is 0 Å². The molecule has 20 heavy (non-hydrogen) atoms. The van der Waals surface area contributed by atoms with Gasteiger partial charge >= 0.3 is 0 Å². The molecule has 0 fully saturated rings. The largest absolute Gasteiger partial charge is 0.378 e. The van der Waals surface area contributed by atoms with Crippen molar-refractivity contribution in [2.75, 3.05) is 25.5 Å². The fourth-order valence-electron chi connectivity index (χ4n) is 2.00. The fourth-order valence-corrected chi connectivity index (χ4v) is 2.00. The number of anilines is 1. The zero-order valence-corrected chi connectivity index (χ0v) is 13.3. The van der Waals surface area contributed by atoms with Gasteiger partial charge in [-0.15, -0.1) is 0 Å². The average Bonchev–Trinajstić information content (AvgIpc) is 2.34. The van der Waals surface area contributed by atoms with Crippen molar-refractivity contribution >= 4 is 11.6 Å². The molecule has 1 amide bonds. The molecule has 0 aliphatic heterocycles. The second-order valence-electron chi connectivity index (χ2n) is 6.13. The van der Waals surface area contributed by atoms with E-state index in [-0.39, 0.29) is 5.91 Å². The molecular weight excluding hydrogens is 250 g/mol. The van der Waals surface area contributed by atoms with Crippen molar-refractivity contribution in [1.82, 2.24) is 4.90 Å². The minimum atomic E-state index is -0.459. The van der Waals surface area contributed by atoms with Gasteiger partial charge in [-0.3, -0.25) is 4.79 Å². The van der Waals surface area contributed by atoms with Gasteiger partial charge in [-0.1, -0.05) is 12.1 Å². The van der Waals surface area contributed by atoms with Crippen LogP contribution in [-0.4, -0.2) is 37.0 Å². The molecular formula is C16H27N3O. The van der Waals surface area contributed by atoms with Crippen molar-refractivity contribution in [3.05, 3.63) is 29.8 Å². The Kier molecular flexibility index (Phi) is 5.57. The summed E-state index contributed by atoms with van der Waals surface area (Å²) in [7, 11) is 4.03. The molecule has 0 saturated heterocycles. The van der Waals surface area contributed by atoms with Crippen molar-refractivity contribution < 1.29 is 4.79 Å². The molecule has 0 atom stereocenters. The Labute approximate surface area is 122 Å². The molecule has 0 saturated carbocycles. The number of hydrogen-bond acceptors (Lipinski definition) is 3. The molecule has 0 radical (unpaired) electrons. The highest BCUT2D eigenvalue weighted by Gasteiger charge is 2.20. The summed E-state index contributed by atoms with van der Waals surface area (Å²) in [6, 6.07) is 8.28. The Hall–Kier alpha value is -1.55. The zero-order valence-electron chi connectivity index (χ0n) is 13.3. The van der Waals surface area contributed by atoms with Crippen LogP contribution in [0.1, 0.15) is 32.8 Å². The van der Waals surface area contributed by atoms with E-state index in [0.717, 1.165) is 11.3 Å². The van der Waals surface area contributed by atoms with Gasteiger partial charge in [-0.25, -0.2) is 0 Å². The van der Waals surface area contributed by atoms with Crippen LogP contribution in [0.25, 0.3) is 0 Å². The molecule has 1 rings (SSSR count). The maximum Gasteiger partial charge on any atom is 0.224 e. The Balaban J connectivity index is 2.71. The minimum absolute atomic E-state index is 0.108. The van der Waals surface area contributed by atoms with Gasteiger partial charge in [0.1, 0.15) is 0 Å². The topological polar surface area (TPSA) is 49.6 Å². The van der Waals surface area contributed by atoms with Crippen LogP contribution in [0.2, 0.25) is 0 Å². The third-order valence-corrected chi connectivity index (χ3v) is 3.17. The Morgan fingerprint density at radius 2 is 1.75 bits per heavy atom. The van der Waals surface area contributed by atoms with Crippen LogP contribution in [0.5, 0.6) is 0 Å². The quantitative estimate of drug-likeness (QED) is 0.867. The van der Waals surface area contributed by atoms with Gasteiger partial charge in [-0.05, 0) is 38.5 Å². The zero-order chi connectivity index (χ0) is 15.3. The van der Waals surface area contributed by atoms with E-state index in [4.69, 9.17) is 5.73 Å². The van der Waals surface area contributed by atoms with Crippen molar-refractivity contribution in [3.63, 3.8) is 0 Å². The lowest BCUT2D eigenvalue weighted by atomic mass is 10.0. The van der Waals surface area contributed by atoms with Crippen LogP contribution in [0.3, 0.4) is 0 Å². The molecule has 0 aromatic heterocycles. The van der Waals surface area contributed by atoms with Crippen LogP contribution in [0.4, 0.5) is 5.69 Å². The summed E-state index contributed by atoms with van der Waals surface area (Å²) in [4.78, 5) is 16.1. The maximum atomic E-state index is 12.2. The smallest absolute Gasteiger partial charge is 0.224 e. The molecule has 0 aliphatic rings. The van der Waals surface area contributed by atoms with Crippen LogP contribution in [0, 0.1) is 0 Å². The first-order chi connectivity index (χ1) is 9.23. The van der Waals surface area contributed by atoms with Gasteiger partial charge in [0.15, 0.2) is 0 Å². The number of amides is 1. The van der Waals surface area contributed by atoms with Gasteiger partial charge in [0, 0.05) is 44.8 Å². The van der Waals surface area contributed by atoms with Crippen molar-refractivity contribution in [2.24, 2.45) is 5.73 Å². The standard InChI is InChI=1S/C16H27N3O/c1-6-19(15(20)11-16(2,3)17)12-13-7-9-14(10-8-13)18(4)5/h7-10H,6,11-12,17H2,1-5H3. The lowest BCUT2D eigenvalue weighted by Gasteiger charge is -2.26. The normalized spacial score (nSPS) is 11.3. The molecule has 0 unspecified atom stereocenters. The molecule has 0 heterocycles. The highest BCUT2D eigenvalue weighted by atomic mass is 16.2. The van der Waals surface area contributed by atoms with E-state index in [2.05, 4.69) is 29.2 Å². The number of nitrogens with zero attached hydrogens (tertiary/aromatic N) is 2. The number of rotatable bonds is 6. The predicted octanol–water partition coefficient (Wildman–Crippen LogP) is 2.23. The molecule has 4 nitrogen and oxygen atoms in total. The Bertz CT molecular complexity index is 432. The van der Waals surface area contributed by atoms with Gasteiger partial charge in [-0.2, -0.15) is 0 Å². The van der Waals surface area contributed by atoms with Gasteiger partial charge in [0.05, 0.1) is 0 Å². The minimum Gasteiger partial charge on any atom is -0.378 e. The van der Waals surface area contributed by atoms with Crippen molar-refractivity contribution in [2.45, 2.75) is 39.3 Å². The number of nitrogens with two attached hydrogens (primary N) is 1. The highest BCUT2D eigenvalue weighted by molar-refractivity contribution is 5.77. The van der Waals surface area contributed by atoms with Crippen LogP contribution in [-0.2, 0) is 11.3 Å². The van der Waals surface area contributed by atoms with Crippen molar-refractivity contribution in [1.29, 1.82) is 0 Å². The third-order valence-electron chi connectivity index (χ3n) is 3.17. The third kappa shape index (κ3) is 5.21. The molecule has 4 heteroatoms. The van der Waals surface area contributed by atoms with Crippen LogP contribution < -0.4 is 10.6 Å². The van der Waals surface area contributed by atoms with E-state index in [1.165, 1.54) is 0 Å². The van der Waals surface area contributed by atoms with Gasteiger partial charge < -0.3 is 15.5 Å². The first-order valence-electron chi connectivity index (χ1n) is 7.06. The monoisotopic (exact) mass is 277 g/mol. The lowest BCUT2D eigenvalue weighted by molar-refractivity contribution is -0.132. The summed E-state index contributed by atoms with van der Waals surface area (Å²) in [5.41, 5.74) is 7.76. The molecule has 0 spiro atoms. The highest BCUT2D eigenvalue weighted by Crippen LogP contribution is 2.15. The van der Waals surface area contributed by atoms with E-state index in [1.807, 2.05) is 39.8 Å². The summed E-state index contributed by atoms with van der Waals surface area (Å²) in [5, 5.41) is 0. The molecule has 112 valence electrons. The number of carbonyl (C=O) groups excluding carboxylic acids is 1. The maximum absolute atomic E-state index is 12.2. The van der Waals surface area contributed by atoms with E-state index < -0.39 is 5.54 Å². The van der Waals surface area contributed by atoms with Crippen LogP contribution >= 0.6 is 0 Å². The fraction of sp³-hybridized carbons (Fsp3) is 0.562.